The highest BCUT2D eigenvalue weighted by Crippen LogP contribution is 2.71. The highest BCUT2D eigenvalue weighted by atomic mass is 16.6. The minimum atomic E-state index is -2.20. The Morgan fingerprint density at radius 1 is 0.976 bits per heavy atom. The molecule has 0 saturated heterocycles. The number of Topliss-reactive ketones (excluding diaryl/α,β-unsaturated/α-hetero) is 1. The topological polar surface area (TPSA) is 110 Å². The fraction of sp³-hybridized carbons (Fsp3) is 0.441. The second kappa shape index (κ2) is 9.50. The molecule has 2 bridgehead atoms. The van der Waals surface area contributed by atoms with Crippen LogP contribution in [0.25, 0.3) is 0 Å². The van der Waals surface area contributed by atoms with Crippen LogP contribution in [0.1, 0.15) is 54.8 Å². The van der Waals surface area contributed by atoms with Crippen LogP contribution < -0.4 is 0 Å². The van der Waals surface area contributed by atoms with Crippen molar-refractivity contribution in [2.45, 2.75) is 51.9 Å². The first kappa shape index (κ1) is 27.6. The number of fused-ring (bicyclic) bond motifs is 3. The van der Waals surface area contributed by atoms with E-state index in [0.717, 1.165) is 0 Å². The van der Waals surface area contributed by atoms with Gasteiger partial charge in [0.05, 0.1) is 16.5 Å². The normalized spacial score (nSPS) is 36.5. The summed E-state index contributed by atoms with van der Waals surface area (Å²) in [7, 11) is 0. The summed E-state index contributed by atoms with van der Waals surface area (Å²) >= 11 is 0. The van der Waals surface area contributed by atoms with Crippen molar-refractivity contribution < 1.29 is 34.1 Å². The van der Waals surface area contributed by atoms with E-state index in [9.17, 15) is 24.6 Å². The summed E-state index contributed by atoms with van der Waals surface area (Å²) in [6.07, 6.45) is 1.22. The molecule has 0 amide bonds. The summed E-state index contributed by atoms with van der Waals surface area (Å²) < 4.78 is 11.6. The Morgan fingerprint density at radius 2 is 1.56 bits per heavy atom. The molecule has 2 unspecified atom stereocenters. The van der Waals surface area contributed by atoms with E-state index in [-0.39, 0.29) is 41.1 Å². The van der Waals surface area contributed by atoms with Crippen molar-refractivity contribution >= 4 is 17.7 Å². The summed E-state index contributed by atoms with van der Waals surface area (Å²) in [5, 5.41) is 24.8. The Labute approximate surface area is 239 Å². The van der Waals surface area contributed by atoms with Gasteiger partial charge in [-0.25, -0.2) is 9.59 Å². The van der Waals surface area contributed by atoms with Crippen LogP contribution in [0.3, 0.4) is 0 Å². The highest BCUT2D eigenvalue weighted by molar-refractivity contribution is 5.96. The van der Waals surface area contributed by atoms with Gasteiger partial charge in [-0.05, 0) is 71.9 Å². The fourth-order valence-electron chi connectivity index (χ4n) is 8.14. The van der Waals surface area contributed by atoms with E-state index in [1.165, 1.54) is 0 Å². The molecule has 41 heavy (non-hydrogen) atoms. The molecule has 4 aliphatic carbocycles. The zero-order valence-electron chi connectivity index (χ0n) is 23.7. The first-order valence-electron chi connectivity index (χ1n) is 14.3. The number of hydrogen-bond acceptors (Lipinski definition) is 7. The summed E-state index contributed by atoms with van der Waals surface area (Å²) in [4.78, 5) is 40.8. The number of aliphatic hydroxyl groups is 2. The number of rotatable bonds is 5. The molecule has 0 aromatic heterocycles. The van der Waals surface area contributed by atoms with Gasteiger partial charge in [0.2, 0.25) is 0 Å². The summed E-state index contributed by atoms with van der Waals surface area (Å²) in [5.41, 5.74) is -2.40. The lowest BCUT2D eigenvalue weighted by atomic mass is 9.59. The second-order valence-electron chi connectivity index (χ2n) is 12.8. The molecule has 0 heterocycles. The van der Waals surface area contributed by atoms with E-state index in [0.29, 0.717) is 23.1 Å². The lowest BCUT2D eigenvalue weighted by Gasteiger charge is -2.48. The highest BCUT2D eigenvalue weighted by Gasteiger charge is 2.76. The van der Waals surface area contributed by atoms with E-state index in [1.54, 1.807) is 79.7 Å². The van der Waals surface area contributed by atoms with Crippen molar-refractivity contribution in [2.24, 2.45) is 34.5 Å². The lowest BCUT2D eigenvalue weighted by molar-refractivity contribution is -0.190. The molecule has 1 spiro atoms. The van der Waals surface area contributed by atoms with Crippen LogP contribution in [0.4, 0.5) is 0 Å². The monoisotopic (exact) mass is 556 g/mol. The van der Waals surface area contributed by atoms with Gasteiger partial charge >= 0.3 is 11.9 Å². The average Bonchev–Trinajstić information content (AvgIpc) is 3.46. The van der Waals surface area contributed by atoms with E-state index in [1.807, 2.05) is 6.92 Å². The quantitative estimate of drug-likeness (QED) is 0.411. The average molecular weight is 557 g/mol. The molecule has 2 aromatic carbocycles. The molecule has 8 atom stereocenters. The van der Waals surface area contributed by atoms with Crippen LogP contribution in [-0.4, -0.2) is 52.4 Å². The fourth-order valence-corrected chi connectivity index (χ4v) is 8.14. The first-order valence-corrected chi connectivity index (χ1v) is 14.3. The maximum Gasteiger partial charge on any atom is 0.338 e. The smallest absolute Gasteiger partial charge is 0.338 e. The SMILES string of the molecule is CC1=CC23C(=O)C(C=C(COC(=O)c4ccccc4)[C@@H](O)[C@]2(O)[C@H]1OC(=O)c1ccccc1)[C@H]1[C@@H](C[C@H]3C)C1(C)C. The number of aliphatic hydroxyl groups excluding tert-OH is 1. The number of carbonyl (C=O) groups is 3. The van der Waals surface area contributed by atoms with Crippen molar-refractivity contribution in [1.29, 1.82) is 0 Å². The zero-order chi connectivity index (χ0) is 29.3. The van der Waals surface area contributed by atoms with Crippen LogP contribution in [-0.2, 0) is 14.3 Å². The van der Waals surface area contributed by atoms with Crippen molar-refractivity contribution in [1.82, 2.24) is 0 Å². The third kappa shape index (κ3) is 3.89. The molecule has 7 nitrogen and oxygen atoms in total. The number of hydrogen-bond donors (Lipinski definition) is 2. The standard InChI is InChI=1S/C34H36O7/c1-19-17-33-20(2)15-25-26(32(25,3)4)24(28(33)36)16-23(18-40-30(37)21-11-7-5-8-12-21)27(35)34(33,39)29(19)41-31(38)22-13-9-6-10-14-22/h5-14,16-17,20,24-27,29,35,39H,15,18H2,1-4H3/t20-,24?,25-,26+,27-,29+,33?,34+/m1/s1. The molecule has 6 rings (SSSR count). The predicted octanol–water partition coefficient (Wildman–Crippen LogP) is 4.54. The van der Waals surface area contributed by atoms with Crippen LogP contribution in [0.2, 0.25) is 0 Å². The maximum atomic E-state index is 14.7. The van der Waals surface area contributed by atoms with Gasteiger partial charge < -0.3 is 19.7 Å². The number of benzene rings is 2. The van der Waals surface area contributed by atoms with Gasteiger partial charge in [0, 0.05) is 5.92 Å². The minimum Gasteiger partial charge on any atom is -0.457 e. The van der Waals surface area contributed by atoms with E-state index in [4.69, 9.17) is 9.47 Å². The zero-order valence-corrected chi connectivity index (χ0v) is 23.7. The molecule has 0 aliphatic heterocycles. The molecule has 2 fully saturated rings. The Bertz CT molecular complexity index is 1460. The minimum absolute atomic E-state index is 0.0193. The summed E-state index contributed by atoms with van der Waals surface area (Å²) in [6, 6.07) is 16.9. The van der Waals surface area contributed by atoms with E-state index >= 15 is 0 Å². The van der Waals surface area contributed by atoms with Gasteiger partial charge in [-0.15, -0.1) is 0 Å². The second-order valence-corrected chi connectivity index (χ2v) is 12.8. The Kier molecular flexibility index (Phi) is 6.40. The third-order valence-corrected chi connectivity index (χ3v) is 10.3. The molecule has 7 heteroatoms. The van der Waals surface area contributed by atoms with Crippen molar-refractivity contribution in [2.75, 3.05) is 6.61 Å². The van der Waals surface area contributed by atoms with Gasteiger partial charge in [-0.3, -0.25) is 4.79 Å². The number of carbonyl (C=O) groups excluding carboxylic acids is 3. The number of ketones is 1. The number of esters is 2. The van der Waals surface area contributed by atoms with Crippen LogP contribution in [0.5, 0.6) is 0 Å². The summed E-state index contributed by atoms with van der Waals surface area (Å²) in [6.45, 7) is 7.64. The van der Waals surface area contributed by atoms with Gasteiger partial charge in [0.25, 0.3) is 0 Å². The molecule has 214 valence electrons. The predicted molar refractivity (Wildman–Crippen MR) is 151 cm³/mol. The van der Waals surface area contributed by atoms with Crippen molar-refractivity contribution in [3.8, 4) is 0 Å². The number of ether oxygens (including phenoxy) is 2. The largest absolute Gasteiger partial charge is 0.457 e. The van der Waals surface area contributed by atoms with Crippen LogP contribution in [0, 0.1) is 34.5 Å². The molecule has 2 saturated carbocycles. The van der Waals surface area contributed by atoms with Gasteiger partial charge in [-0.2, -0.15) is 0 Å². The lowest BCUT2D eigenvalue weighted by Crippen LogP contribution is -2.65. The molecular weight excluding hydrogens is 520 g/mol. The third-order valence-electron chi connectivity index (χ3n) is 10.3. The maximum absolute atomic E-state index is 14.7. The van der Waals surface area contributed by atoms with E-state index < -0.39 is 41.1 Å². The van der Waals surface area contributed by atoms with E-state index in [2.05, 4.69) is 13.8 Å². The van der Waals surface area contributed by atoms with Crippen LogP contribution >= 0.6 is 0 Å². The van der Waals surface area contributed by atoms with Crippen molar-refractivity contribution in [3.63, 3.8) is 0 Å². The molecule has 2 N–H and O–H groups in total. The summed E-state index contributed by atoms with van der Waals surface area (Å²) in [5.74, 6) is -2.11. The first-order chi connectivity index (χ1) is 19.4. The van der Waals surface area contributed by atoms with Crippen LogP contribution in [0.15, 0.2) is 84.0 Å². The Balaban J connectivity index is 1.43. The molecule has 0 radical (unpaired) electrons. The van der Waals surface area contributed by atoms with Crippen molar-refractivity contribution in [3.05, 3.63) is 95.1 Å². The van der Waals surface area contributed by atoms with Gasteiger partial charge in [0.1, 0.15) is 12.7 Å². The Hall–Kier alpha value is -3.55. The Morgan fingerprint density at radius 3 is 2.17 bits per heavy atom. The van der Waals surface area contributed by atoms with Gasteiger partial charge in [-0.1, -0.05) is 69.3 Å². The molecular formula is C34H36O7. The number of allylic oxidation sites excluding steroid dienone is 1. The molecule has 4 aliphatic rings. The van der Waals surface area contributed by atoms with Gasteiger partial charge in [0.15, 0.2) is 17.5 Å². The molecule has 2 aromatic rings.